The molecule has 2 atom stereocenters. The van der Waals surface area contributed by atoms with Gasteiger partial charge in [0.2, 0.25) is 0 Å². The molecule has 1 fully saturated rings. The number of Topliss-reactive ketones (excluding diaryl/α,β-unsaturated/α-hetero) is 1. The number of hydrogen-bond acceptors (Lipinski definition) is 2. The normalized spacial score (nSPS) is 28.3. The van der Waals surface area contributed by atoms with Crippen molar-refractivity contribution in [2.24, 2.45) is 11.3 Å². The molecule has 2 aromatic carbocycles. The van der Waals surface area contributed by atoms with Gasteiger partial charge >= 0.3 is 0 Å². The number of carbonyl (C=O) groups excluding carboxylic acids is 1. The molecule has 116 valence electrons. The predicted octanol–water partition coefficient (Wildman–Crippen LogP) is 4.24. The van der Waals surface area contributed by atoms with Crippen LogP contribution >= 0.6 is 0 Å². The molecule has 5 rings (SSSR count). The molecule has 0 N–H and O–H groups in total. The number of carbonyl (C=O) groups is 1. The summed E-state index contributed by atoms with van der Waals surface area (Å²) in [5, 5.41) is 2.42. The van der Waals surface area contributed by atoms with Crippen molar-refractivity contribution < 1.29 is 9.53 Å². The van der Waals surface area contributed by atoms with E-state index in [-0.39, 0.29) is 5.41 Å². The van der Waals surface area contributed by atoms with Gasteiger partial charge in [-0.25, -0.2) is 0 Å². The quantitative estimate of drug-likeness (QED) is 0.737. The van der Waals surface area contributed by atoms with Gasteiger partial charge in [-0.05, 0) is 65.6 Å². The molecule has 0 amide bonds. The van der Waals surface area contributed by atoms with Gasteiger partial charge in [0.15, 0.2) is 0 Å². The standard InChI is InChI=1S/C21H20O2/c1-23-19-5-3-14-7-17-12-21(11-13-2-4-18(21)6-13)20(22)10-16(17)8-15(14)9-19/h2-3,5,7-9,18H,4,6,10-12H2,1H3. The molecule has 0 saturated heterocycles. The Kier molecular flexibility index (Phi) is 2.60. The number of hydrogen-bond donors (Lipinski definition) is 0. The fourth-order valence-electron chi connectivity index (χ4n) is 5.05. The lowest BCUT2D eigenvalue weighted by Crippen LogP contribution is -2.42. The summed E-state index contributed by atoms with van der Waals surface area (Å²) in [7, 11) is 1.69. The molecule has 0 radical (unpaired) electrons. The zero-order chi connectivity index (χ0) is 15.6. The number of ketones is 1. The first-order valence-electron chi connectivity index (χ1n) is 8.49. The summed E-state index contributed by atoms with van der Waals surface area (Å²) in [4.78, 5) is 13.0. The molecule has 2 unspecified atom stereocenters. The lowest BCUT2D eigenvalue weighted by Gasteiger charge is -2.39. The van der Waals surface area contributed by atoms with E-state index in [0.717, 1.165) is 31.4 Å². The molecular formula is C21H20O2. The zero-order valence-electron chi connectivity index (χ0n) is 13.4. The Morgan fingerprint density at radius 3 is 2.70 bits per heavy atom. The first kappa shape index (κ1) is 13.4. The van der Waals surface area contributed by atoms with Crippen molar-refractivity contribution in [2.45, 2.75) is 32.1 Å². The maximum Gasteiger partial charge on any atom is 0.144 e. The SMILES string of the molecule is COc1ccc2cc3c(cc2c1)CC(=O)C1(CC2=CCC1C2)C3. The molecule has 2 heteroatoms. The Hall–Kier alpha value is -2.09. The highest BCUT2D eigenvalue weighted by atomic mass is 16.5. The number of ether oxygens (including phenoxy) is 1. The van der Waals surface area contributed by atoms with E-state index < -0.39 is 0 Å². The van der Waals surface area contributed by atoms with Gasteiger partial charge < -0.3 is 4.74 Å². The van der Waals surface area contributed by atoms with Crippen molar-refractivity contribution in [2.75, 3.05) is 7.11 Å². The molecule has 0 aliphatic heterocycles. The maximum absolute atomic E-state index is 13.0. The van der Waals surface area contributed by atoms with Gasteiger partial charge in [0.1, 0.15) is 11.5 Å². The molecule has 1 saturated carbocycles. The number of benzene rings is 2. The van der Waals surface area contributed by atoms with Crippen molar-refractivity contribution in [3.8, 4) is 5.75 Å². The van der Waals surface area contributed by atoms with Crippen LogP contribution in [0.4, 0.5) is 0 Å². The Balaban J connectivity index is 1.62. The van der Waals surface area contributed by atoms with Crippen molar-refractivity contribution in [1.82, 2.24) is 0 Å². The molecule has 1 spiro atoms. The van der Waals surface area contributed by atoms with Crippen LogP contribution < -0.4 is 4.74 Å². The summed E-state index contributed by atoms with van der Waals surface area (Å²) in [5.41, 5.74) is 4.04. The zero-order valence-corrected chi connectivity index (χ0v) is 13.4. The highest BCUT2D eigenvalue weighted by Crippen LogP contribution is 2.57. The fourth-order valence-corrected chi connectivity index (χ4v) is 5.05. The minimum atomic E-state index is -0.0861. The van der Waals surface area contributed by atoms with E-state index in [0.29, 0.717) is 18.1 Å². The first-order chi connectivity index (χ1) is 11.2. The average molecular weight is 304 g/mol. The van der Waals surface area contributed by atoms with Gasteiger partial charge in [-0.15, -0.1) is 0 Å². The summed E-state index contributed by atoms with van der Waals surface area (Å²) < 4.78 is 5.32. The molecule has 0 aromatic heterocycles. The molecule has 2 bridgehead atoms. The highest BCUT2D eigenvalue weighted by molar-refractivity contribution is 5.93. The number of fused-ring (bicyclic) bond motifs is 5. The van der Waals surface area contributed by atoms with Gasteiger partial charge in [-0.2, -0.15) is 0 Å². The van der Waals surface area contributed by atoms with Crippen LogP contribution in [-0.2, 0) is 17.6 Å². The molecule has 3 aliphatic rings. The van der Waals surface area contributed by atoms with E-state index in [1.807, 2.05) is 6.07 Å². The van der Waals surface area contributed by atoms with Crippen LogP contribution in [0, 0.1) is 11.3 Å². The molecule has 2 nitrogen and oxygen atoms in total. The van der Waals surface area contributed by atoms with Gasteiger partial charge in [-0.1, -0.05) is 29.8 Å². The van der Waals surface area contributed by atoms with Crippen LogP contribution in [0.1, 0.15) is 30.4 Å². The van der Waals surface area contributed by atoms with Gasteiger partial charge in [0.25, 0.3) is 0 Å². The minimum Gasteiger partial charge on any atom is -0.497 e. The second-order valence-electron chi connectivity index (χ2n) is 7.44. The lowest BCUT2D eigenvalue weighted by atomic mass is 9.63. The molecule has 23 heavy (non-hydrogen) atoms. The predicted molar refractivity (Wildman–Crippen MR) is 90.8 cm³/mol. The van der Waals surface area contributed by atoms with E-state index >= 15 is 0 Å². The second kappa shape index (κ2) is 4.47. The number of rotatable bonds is 1. The summed E-state index contributed by atoms with van der Waals surface area (Å²) in [6, 6.07) is 10.7. The van der Waals surface area contributed by atoms with Crippen molar-refractivity contribution >= 4 is 16.6 Å². The first-order valence-corrected chi connectivity index (χ1v) is 8.49. The Morgan fingerprint density at radius 2 is 1.96 bits per heavy atom. The maximum atomic E-state index is 13.0. The monoisotopic (exact) mass is 304 g/mol. The van der Waals surface area contributed by atoms with Crippen molar-refractivity contribution in [1.29, 1.82) is 0 Å². The van der Waals surface area contributed by atoms with Crippen molar-refractivity contribution in [3.05, 3.63) is 53.1 Å². The summed E-state index contributed by atoms with van der Waals surface area (Å²) in [5.74, 6) is 1.90. The highest BCUT2D eigenvalue weighted by Gasteiger charge is 2.53. The van der Waals surface area contributed by atoms with Crippen LogP contribution in [0.3, 0.4) is 0 Å². The van der Waals surface area contributed by atoms with E-state index in [1.165, 1.54) is 27.5 Å². The van der Waals surface area contributed by atoms with E-state index in [1.54, 1.807) is 7.11 Å². The number of methoxy groups -OCH3 is 1. The smallest absolute Gasteiger partial charge is 0.144 e. The summed E-state index contributed by atoms with van der Waals surface area (Å²) in [6.45, 7) is 0. The average Bonchev–Trinajstić information content (AvgIpc) is 3.15. The molecule has 0 heterocycles. The van der Waals surface area contributed by atoms with Crippen LogP contribution in [0.25, 0.3) is 10.8 Å². The minimum absolute atomic E-state index is 0.0861. The fraction of sp³-hybridized carbons (Fsp3) is 0.381. The largest absolute Gasteiger partial charge is 0.497 e. The number of allylic oxidation sites excluding steroid dienone is 2. The van der Waals surface area contributed by atoms with Crippen LogP contribution in [0.5, 0.6) is 5.75 Å². The van der Waals surface area contributed by atoms with E-state index in [2.05, 4.69) is 30.3 Å². The van der Waals surface area contributed by atoms with Gasteiger partial charge in [-0.3, -0.25) is 4.79 Å². The molecule has 2 aromatic rings. The third-order valence-electron chi connectivity index (χ3n) is 6.30. The third kappa shape index (κ3) is 1.78. The molecular weight excluding hydrogens is 284 g/mol. The summed E-state index contributed by atoms with van der Waals surface area (Å²) >= 11 is 0. The van der Waals surface area contributed by atoms with Crippen molar-refractivity contribution in [3.63, 3.8) is 0 Å². The lowest BCUT2D eigenvalue weighted by molar-refractivity contribution is -0.131. The van der Waals surface area contributed by atoms with Crippen LogP contribution in [0.15, 0.2) is 42.0 Å². The van der Waals surface area contributed by atoms with E-state index in [4.69, 9.17) is 4.74 Å². The third-order valence-corrected chi connectivity index (χ3v) is 6.30. The van der Waals surface area contributed by atoms with Crippen LogP contribution in [-0.4, -0.2) is 12.9 Å². The molecule has 3 aliphatic carbocycles. The Bertz CT molecular complexity index is 877. The second-order valence-corrected chi connectivity index (χ2v) is 7.44. The van der Waals surface area contributed by atoms with E-state index in [9.17, 15) is 4.79 Å². The van der Waals surface area contributed by atoms with Gasteiger partial charge in [0, 0.05) is 11.8 Å². The van der Waals surface area contributed by atoms with Gasteiger partial charge in [0.05, 0.1) is 7.11 Å². The Labute approximate surface area is 136 Å². The topological polar surface area (TPSA) is 26.3 Å². The van der Waals surface area contributed by atoms with Crippen LogP contribution in [0.2, 0.25) is 0 Å². The Morgan fingerprint density at radius 1 is 1.09 bits per heavy atom. The summed E-state index contributed by atoms with van der Waals surface area (Å²) in [6.07, 6.45) is 7.19.